The zero-order valence-electron chi connectivity index (χ0n) is 11.1. The Hall–Kier alpha value is -1.00. The Bertz CT molecular complexity index is 376. The molecule has 1 aromatic carbocycles. The number of rotatable bonds is 6. The summed E-state index contributed by atoms with van der Waals surface area (Å²) in [6.07, 6.45) is 0. The molecule has 1 aromatic rings. The van der Waals surface area contributed by atoms with Gasteiger partial charge < -0.3 is 10.4 Å². The van der Waals surface area contributed by atoms with Crippen LogP contribution < -0.4 is 5.32 Å². The first-order valence-corrected chi connectivity index (χ1v) is 7.05. The lowest BCUT2D eigenvalue weighted by molar-refractivity contribution is -0.120. The molecule has 0 aromatic heterocycles. The maximum absolute atomic E-state index is 11.8. The molecule has 0 radical (unpaired) electrons. The van der Waals surface area contributed by atoms with Gasteiger partial charge in [0.15, 0.2) is 0 Å². The van der Waals surface area contributed by atoms with Gasteiger partial charge >= 0.3 is 0 Å². The molecule has 100 valence electrons. The summed E-state index contributed by atoms with van der Waals surface area (Å²) in [5.41, 5.74) is 0.885. The Balaban J connectivity index is 2.47. The molecular formula is C14H21NO2S. The average Bonchev–Trinajstić information content (AvgIpc) is 2.36. The van der Waals surface area contributed by atoms with Crippen LogP contribution >= 0.6 is 11.8 Å². The predicted octanol–water partition coefficient (Wildman–Crippen LogP) is 2.43. The average molecular weight is 267 g/mol. The van der Waals surface area contributed by atoms with E-state index in [-0.39, 0.29) is 17.8 Å². The van der Waals surface area contributed by atoms with Gasteiger partial charge in [0, 0.05) is 11.4 Å². The zero-order chi connectivity index (χ0) is 13.5. The number of aliphatic hydroxyl groups is 1. The van der Waals surface area contributed by atoms with Crippen molar-refractivity contribution >= 4 is 17.7 Å². The number of hydrogen-bond donors (Lipinski definition) is 2. The highest BCUT2D eigenvalue weighted by Gasteiger charge is 2.14. The smallest absolute Gasteiger partial charge is 0.233 e. The Kier molecular flexibility index (Phi) is 6.22. The van der Waals surface area contributed by atoms with Gasteiger partial charge in [-0.2, -0.15) is 0 Å². The van der Waals surface area contributed by atoms with Crippen molar-refractivity contribution in [3.8, 4) is 0 Å². The van der Waals surface area contributed by atoms with Crippen molar-refractivity contribution in [2.45, 2.75) is 37.5 Å². The van der Waals surface area contributed by atoms with Gasteiger partial charge in [0.2, 0.25) is 5.91 Å². The van der Waals surface area contributed by atoms with E-state index in [1.54, 1.807) is 0 Å². The predicted molar refractivity (Wildman–Crippen MR) is 75.5 cm³/mol. The van der Waals surface area contributed by atoms with Gasteiger partial charge in [-0.25, -0.2) is 0 Å². The molecule has 0 fully saturated rings. The van der Waals surface area contributed by atoms with Gasteiger partial charge in [0.25, 0.3) is 0 Å². The maximum Gasteiger partial charge on any atom is 0.233 e. The van der Waals surface area contributed by atoms with Crippen LogP contribution in [-0.2, 0) is 11.4 Å². The first-order chi connectivity index (χ1) is 8.52. The third kappa shape index (κ3) is 5.10. The van der Waals surface area contributed by atoms with E-state index in [0.717, 1.165) is 10.5 Å². The number of nitrogens with one attached hydrogen (secondary N) is 1. The molecule has 18 heavy (non-hydrogen) atoms. The number of hydrogen-bond acceptors (Lipinski definition) is 3. The molecule has 0 saturated carbocycles. The van der Waals surface area contributed by atoms with Gasteiger partial charge in [-0.3, -0.25) is 4.79 Å². The monoisotopic (exact) mass is 267 g/mol. The van der Waals surface area contributed by atoms with Crippen LogP contribution in [0.1, 0.15) is 26.3 Å². The largest absolute Gasteiger partial charge is 0.392 e. The van der Waals surface area contributed by atoms with Crippen LogP contribution in [0.25, 0.3) is 0 Å². The molecule has 1 rings (SSSR count). The number of carbonyl (C=O) groups excluding carboxylic acids is 1. The standard InChI is InChI=1S/C14H21NO2S/c1-10(2)8-15-14(17)11(3)18-13-6-4-12(9-16)5-7-13/h4-7,10-11,16H,8-9H2,1-3H3,(H,15,17). The number of thioether (sulfide) groups is 1. The summed E-state index contributed by atoms with van der Waals surface area (Å²) >= 11 is 1.53. The maximum atomic E-state index is 11.8. The zero-order valence-corrected chi connectivity index (χ0v) is 12.0. The van der Waals surface area contributed by atoms with E-state index in [2.05, 4.69) is 19.2 Å². The van der Waals surface area contributed by atoms with Crippen LogP contribution in [0.5, 0.6) is 0 Å². The molecule has 1 amide bonds. The fraction of sp³-hybridized carbons (Fsp3) is 0.500. The second-order valence-electron chi connectivity index (χ2n) is 4.70. The van der Waals surface area contributed by atoms with Gasteiger partial charge in [-0.1, -0.05) is 26.0 Å². The normalized spacial score (nSPS) is 12.5. The van der Waals surface area contributed by atoms with Crippen molar-refractivity contribution in [1.82, 2.24) is 5.32 Å². The summed E-state index contributed by atoms with van der Waals surface area (Å²) < 4.78 is 0. The summed E-state index contributed by atoms with van der Waals surface area (Å²) in [4.78, 5) is 12.8. The fourth-order valence-corrected chi connectivity index (χ4v) is 2.27. The van der Waals surface area contributed by atoms with Crippen LogP contribution in [-0.4, -0.2) is 22.8 Å². The number of benzene rings is 1. The van der Waals surface area contributed by atoms with Gasteiger partial charge in [0.1, 0.15) is 0 Å². The first kappa shape index (κ1) is 15.1. The molecule has 0 aliphatic heterocycles. The Labute approximate surface area is 113 Å². The molecular weight excluding hydrogens is 246 g/mol. The highest BCUT2D eigenvalue weighted by molar-refractivity contribution is 8.00. The molecule has 0 aliphatic rings. The quantitative estimate of drug-likeness (QED) is 0.778. The van der Waals surface area contributed by atoms with E-state index >= 15 is 0 Å². The first-order valence-electron chi connectivity index (χ1n) is 6.17. The van der Waals surface area contributed by atoms with Crippen molar-refractivity contribution < 1.29 is 9.90 Å². The minimum atomic E-state index is -0.108. The fourth-order valence-electron chi connectivity index (χ4n) is 1.38. The minimum absolute atomic E-state index is 0.0510. The minimum Gasteiger partial charge on any atom is -0.392 e. The summed E-state index contributed by atoms with van der Waals surface area (Å²) in [5, 5.41) is 11.8. The molecule has 2 N–H and O–H groups in total. The van der Waals surface area contributed by atoms with E-state index in [4.69, 9.17) is 5.11 Å². The second kappa shape index (κ2) is 7.44. The molecule has 0 spiro atoms. The molecule has 4 heteroatoms. The van der Waals surface area contributed by atoms with Gasteiger partial charge in [0.05, 0.1) is 11.9 Å². The molecule has 0 saturated heterocycles. The second-order valence-corrected chi connectivity index (χ2v) is 6.12. The van der Waals surface area contributed by atoms with Crippen molar-refractivity contribution in [2.24, 2.45) is 5.92 Å². The van der Waals surface area contributed by atoms with Gasteiger partial charge in [-0.05, 0) is 30.5 Å². The highest BCUT2D eigenvalue weighted by Crippen LogP contribution is 2.23. The van der Waals surface area contributed by atoms with Crippen molar-refractivity contribution in [3.05, 3.63) is 29.8 Å². The number of carbonyl (C=O) groups is 1. The van der Waals surface area contributed by atoms with Crippen LogP contribution in [0.3, 0.4) is 0 Å². The van der Waals surface area contributed by atoms with E-state index in [1.807, 2.05) is 31.2 Å². The van der Waals surface area contributed by atoms with Crippen LogP contribution in [0, 0.1) is 5.92 Å². The summed E-state index contributed by atoms with van der Waals surface area (Å²) in [7, 11) is 0. The van der Waals surface area contributed by atoms with E-state index in [0.29, 0.717) is 12.5 Å². The topological polar surface area (TPSA) is 49.3 Å². The summed E-state index contributed by atoms with van der Waals surface area (Å²) in [5.74, 6) is 0.537. The van der Waals surface area contributed by atoms with Gasteiger partial charge in [-0.15, -0.1) is 11.8 Å². The lowest BCUT2D eigenvalue weighted by atomic mass is 10.2. The molecule has 0 bridgehead atoms. The van der Waals surface area contributed by atoms with E-state index in [9.17, 15) is 4.79 Å². The van der Waals surface area contributed by atoms with Crippen molar-refractivity contribution in [3.63, 3.8) is 0 Å². The lowest BCUT2D eigenvalue weighted by Crippen LogP contribution is -2.33. The van der Waals surface area contributed by atoms with Crippen LogP contribution in [0.15, 0.2) is 29.2 Å². The number of aliphatic hydroxyl groups excluding tert-OH is 1. The Morgan fingerprint density at radius 3 is 2.39 bits per heavy atom. The SMILES string of the molecule is CC(C)CNC(=O)C(C)Sc1ccc(CO)cc1. The van der Waals surface area contributed by atoms with E-state index < -0.39 is 0 Å². The Morgan fingerprint density at radius 1 is 1.28 bits per heavy atom. The van der Waals surface area contributed by atoms with E-state index in [1.165, 1.54) is 11.8 Å². The summed E-state index contributed by atoms with van der Waals surface area (Å²) in [6.45, 7) is 6.82. The Morgan fingerprint density at radius 2 is 1.89 bits per heavy atom. The van der Waals surface area contributed by atoms with Crippen molar-refractivity contribution in [2.75, 3.05) is 6.54 Å². The molecule has 0 heterocycles. The number of amides is 1. The summed E-state index contributed by atoms with van der Waals surface area (Å²) in [6, 6.07) is 7.62. The molecule has 3 nitrogen and oxygen atoms in total. The molecule has 1 unspecified atom stereocenters. The lowest BCUT2D eigenvalue weighted by Gasteiger charge is -2.13. The third-order valence-electron chi connectivity index (χ3n) is 2.47. The van der Waals surface area contributed by atoms with Crippen LogP contribution in [0.4, 0.5) is 0 Å². The van der Waals surface area contributed by atoms with Crippen LogP contribution in [0.2, 0.25) is 0 Å². The third-order valence-corrected chi connectivity index (χ3v) is 3.58. The van der Waals surface area contributed by atoms with Crippen molar-refractivity contribution in [1.29, 1.82) is 0 Å². The molecule has 0 aliphatic carbocycles. The highest BCUT2D eigenvalue weighted by atomic mass is 32.2. The molecule has 1 atom stereocenters.